The van der Waals surface area contributed by atoms with Crippen molar-refractivity contribution in [3.63, 3.8) is 0 Å². The van der Waals surface area contributed by atoms with E-state index in [1.807, 2.05) is 0 Å². The first kappa shape index (κ1) is 13.7. The van der Waals surface area contributed by atoms with E-state index in [-0.39, 0.29) is 12.1 Å². The van der Waals surface area contributed by atoms with Gasteiger partial charge in [0, 0.05) is 13.0 Å². The van der Waals surface area contributed by atoms with Crippen LogP contribution in [0.1, 0.15) is 32.6 Å². The third-order valence-electron chi connectivity index (χ3n) is 1.83. The van der Waals surface area contributed by atoms with Crippen LogP contribution in [0.25, 0.3) is 0 Å². The number of carbonyl (C=O) groups excluding carboxylic acids is 2. The zero-order valence-electron chi connectivity index (χ0n) is 9.38. The van der Waals surface area contributed by atoms with Crippen LogP contribution >= 0.6 is 0 Å². The highest BCUT2D eigenvalue weighted by Gasteiger charge is 2.00. The van der Waals surface area contributed by atoms with Crippen molar-refractivity contribution in [2.24, 2.45) is 0 Å². The monoisotopic (exact) mass is 217 g/mol. The zero-order valence-corrected chi connectivity index (χ0v) is 9.38. The average molecular weight is 217 g/mol. The fourth-order valence-electron chi connectivity index (χ4n) is 1.05. The van der Waals surface area contributed by atoms with Gasteiger partial charge < -0.3 is 14.8 Å². The second kappa shape index (κ2) is 9.30. The Morgan fingerprint density at radius 3 is 2.53 bits per heavy atom. The topological polar surface area (TPSA) is 64.6 Å². The van der Waals surface area contributed by atoms with Crippen LogP contribution in [-0.2, 0) is 14.3 Å². The Morgan fingerprint density at radius 1 is 1.20 bits per heavy atom. The van der Waals surface area contributed by atoms with Gasteiger partial charge in [0.2, 0.25) is 0 Å². The Labute approximate surface area is 90.1 Å². The quantitative estimate of drug-likeness (QED) is 0.518. The minimum Gasteiger partial charge on any atom is -0.469 e. The number of esters is 1. The summed E-state index contributed by atoms with van der Waals surface area (Å²) in [6.45, 7) is 2.73. The van der Waals surface area contributed by atoms with Crippen LogP contribution in [0, 0.1) is 0 Å². The Kier molecular flexibility index (Phi) is 8.52. The predicted octanol–water partition coefficient (Wildman–Crippen LogP) is 1.47. The molecule has 0 fully saturated rings. The van der Waals surface area contributed by atoms with Crippen molar-refractivity contribution in [3.05, 3.63) is 0 Å². The highest BCUT2D eigenvalue weighted by molar-refractivity contribution is 5.69. The number of rotatable bonds is 7. The smallest absolute Gasteiger partial charge is 0.407 e. The second-order valence-corrected chi connectivity index (χ2v) is 3.03. The molecule has 88 valence electrons. The van der Waals surface area contributed by atoms with Crippen LogP contribution < -0.4 is 5.32 Å². The summed E-state index contributed by atoms with van der Waals surface area (Å²) in [5.41, 5.74) is 0. The molecule has 1 amide bonds. The number of hydrogen-bond acceptors (Lipinski definition) is 4. The predicted molar refractivity (Wildman–Crippen MR) is 55.5 cm³/mol. The van der Waals surface area contributed by atoms with E-state index < -0.39 is 0 Å². The van der Waals surface area contributed by atoms with Gasteiger partial charge >= 0.3 is 12.1 Å². The van der Waals surface area contributed by atoms with E-state index in [1.165, 1.54) is 7.11 Å². The third-order valence-corrected chi connectivity index (χ3v) is 1.83. The van der Waals surface area contributed by atoms with Crippen LogP contribution in [0.3, 0.4) is 0 Å². The number of hydrogen-bond donors (Lipinski definition) is 1. The van der Waals surface area contributed by atoms with Gasteiger partial charge in [0.15, 0.2) is 0 Å². The van der Waals surface area contributed by atoms with E-state index in [1.54, 1.807) is 6.92 Å². The van der Waals surface area contributed by atoms with Gasteiger partial charge in [-0.2, -0.15) is 0 Å². The molecule has 0 aromatic heterocycles. The lowest BCUT2D eigenvalue weighted by Gasteiger charge is -2.04. The van der Waals surface area contributed by atoms with Crippen molar-refractivity contribution in [1.29, 1.82) is 0 Å². The van der Waals surface area contributed by atoms with E-state index in [4.69, 9.17) is 0 Å². The van der Waals surface area contributed by atoms with Gasteiger partial charge in [0.25, 0.3) is 0 Å². The van der Waals surface area contributed by atoms with Crippen molar-refractivity contribution in [2.45, 2.75) is 32.6 Å². The molecule has 0 rings (SSSR count). The summed E-state index contributed by atoms with van der Waals surface area (Å²) in [4.78, 5) is 21.5. The zero-order chi connectivity index (χ0) is 11.5. The number of carbonyl (C=O) groups is 2. The molecule has 5 nitrogen and oxygen atoms in total. The van der Waals surface area contributed by atoms with Gasteiger partial charge in [-0.15, -0.1) is 0 Å². The molecular formula is C10H19NO4. The number of nitrogens with one attached hydrogen (secondary N) is 1. The Balaban J connectivity index is 3.18. The van der Waals surface area contributed by atoms with Crippen molar-refractivity contribution in [1.82, 2.24) is 5.32 Å². The summed E-state index contributed by atoms with van der Waals surface area (Å²) in [6.07, 6.45) is 2.58. The molecule has 0 aromatic carbocycles. The number of methoxy groups -OCH3 is 1. The first-order valence-corrected chi connectivity index (χ1v) is 5.18. The Bertz CT molecular complexity index is 194. The summed E-state index contributed by atoms with van der Waals surface area (Å²) in [7, 11) is 1.38. The molecule has 0 aliphatic rings. The second-order valence-electron chi connectivity index (χ2n) is 3.03. The largest absolute Gasteiger partial charge is 0.469 e. The normalized spacial score (nSPS) is 9.47. The molecule has 15 heavy (non-hydrogen) atoms. The number of ether oxygens (including phenoxy) is 2. The molecule has 0 radical (unpaired) electrons. The average Bonchev–Trinajstić information content (AvgIpc) is 2.23. The van der Waals surface area contributed by atoms with Gasteiger partial charge in [-0.3, -0.25) is 4.79 Å². The van der Waals surface area contributed by atoms with Crippen LogP contribution in [0.5, 0.6) is 0 Å². The van der Waals surface area contributed by atoms with Crippen molar-refractivity contribution in [2.75, 3.05) is 20.3 Å². The number of unbranched alkanes of at least 4 members (excludes halogenated alkanes) is 2. The van der Waals surface area contributed by atoms with Crippen molar-refractivity contribution >= 4 is 12.1 Å². The Morgan fingerprint density at radius 2 is 1.93 bits per heavy atom. The highest BCUT2D eigenvalue weighted by Crippen LogP contribution is 1.99. The minimum atomic E-state index is -0.384. The van der Waals surface area contributed by atoms with Gasteiger partial charge in [0.05, 0.1) is 13.7 Å². The van der Waals surface area contributed by atoms with E-state index in [2.05, 4.69) is 14.8 Å². The lowest BCUT2D eigenvalue weighted by atomic mass is 10.2. The molecule has 5 heteroatoms. The molecule has 0 unspecified atom stereocenters. The van der Waals surface area contributed by atoms with Gasteiger partial charge in [-0.05, 0) is 19.8 Å². The van der Waals surface area contributed by atoms with Gasteiger partial charge in [0.1, 0.15) is 0 Å². The lowest BCUT2D eigenvalue weighted by molar-refractivity contribution is -0.140. The summed E-state index contributed by atoms with van der Waals surface area (Å²) in [5, 5.41) is 2.61. The fourth-order valence-corrected chi connectivity index (χ4v) is 1.05. The van der Waals surface area contributed by atoms with E-state index >= 15 is 0 Å². The maximum absolute atomic E-state index is 10.8. The summed E-state index contributed by atoms with van der Waals surface area (Å²) >= 11 is 0. The molecule has 1 N–H and O–H groups in total. The van der Waals surface area contributed by atoms with Crippen LogP contribution in [0.2, 0.25) is 0 Å². The molecule has 0 saturated carbocycles. The van der Waals surface area contributed by atoms with E-state index in [0.717, 1.165) is 19.3 Å². The van der Waals surface area contributed by atoms with Crippen LogP contribution in [0.15, 0.2) is 0 Å². The maximum Gasteiger partial charge on any atom is 0.407 e. The first-order valence-electron chi connectivity index (χ1n) is 5.18. The molecule has 0 aromatic rings. The Hall–Kier alpha value is -1.26. The number of alkyl carbamates (subject to hydrolysis) is 1. The summed E-state index contributed by atoms with van der Waals surface area (Å²) < 4.78 is 9.18. The molecule has 0 aliphatic heterocycles. The minimum absolute atomic E-state index is 0.187. The third kappa shape index (κ3) is 9.05. The van der Waals surface area contributed by atoms with E-state index in [9.17, 15) is 9.59 Å². The highest BCUT2D eigenvalue weighted by atomic mass is 16.5. The molecular weight excluding hydrogens is 198 g/mol. The molecule has 0 saturated heterocycles. The van der Waals surface area contributed by atoms with Gasteiger partial charge in [-0.25, -0.2) is 4.79 Å². The van der Waals surface area contributed by atoms with Gasteiger partial charge in [-0.1, -0.05) is 6.42 Å². The number of amides is 1. The molecule has 0 spiro atoms. The SMILES string of the molecule is CCOC(=O)NCCCCCC(=O)OC. The first-order chi connectivity index (χ1) is 7.20. The standard InChI is InChI=1S/C10H19NO4/c1-3-15-10(13)11-8-6-4-5-7-9(12)14-2/h3-8H2,1-2H3,(H,11,13). The molecule has 0 bridgehead atoms. The van der Waals surface area contributed by atoms with Crippen LogP contribution in [0.4, 0.5) is 4.79 Å². The summed E-state index contributed by atoms with van der Waals surface area (Å²) in [5.74, 6) is -0.187. The lowest BCUT2D eigenvalue weighted by Crippen LogP contribution is -2.25. The maximum atomic E-state index is 10.8. The molecule has 0 aliphatic carbocycles. The fraction of sp³-hybridized carbons (Fsp3) is 0.800. The summed E-state index contributed by atoms with van der Waals surface area (Å²) in [6, 6.07) is 0. The molecule has 0 atom stereocenters. The van der Waals surface area contributed by atoms with Crippen molar-refractivity contribution < 1.29 is 19.1 Å². The molecule has 0 heterocycles. The van der Waals surface area contributed by atoms with E-state index in [0.29, 0.717) is 19.6 Å². The van der Waals surface area contributed by atoms with Crippen molar-refractivity contribution in [3.8, 4) is 0 Å². The van der Waals surface area contributed by atoms with Crippen LogP contribution in [-0.4, -0.2) is 32.3 Å².